The standard InChI is InChI=1S/Nb.3S. The van der Waals surface area contributed by atoms with Gasteiger partial charge in [0.15, 0.2) is 0 Å². The first-order valence-electron chi connectivity index (χ1n) is 0.548. The monoisotopic (exact) mass is 189 g/mol. The summed E-state index contributed by atoms with van der Waals surface area (Å²) < 4.78 is 0. The average molecular weight is 189 g/mol. The summed E-state index contributed by atoms with van der Waals surface area (Å²) in [5.74, 6) is 0. The van der Waals surface area contributed by atoms with Gasteiger partial charge in [0.25, 0.3) is 0 Å². The molecule has 0 rings (SSSR count). The molecule has 0 aliphatic rings. The Morgan fingerprint density at radius 2 is 1.00 bits per heavy atom. The van der Waals surface area contributed by atoms with E-state index in [0.29, 0.717) is 0 Å². The van der Waals surface area contributed by atoms with Crippen molar-refractivity contribution in [3.8, 4) is 0 Å². The zero-order valence-corrected chi connectivity index (χ0v) is 6.32. The molecule has 0 nitrogen and oxygen atoms in total. The molecule has 0 atom stereocenters. The summed E-state index contributed by atoms with van der Waals surface area (Å²) in [7, 11) is 13.3. The number of hydrogen-bond acceptors (Lipinski definition) is 3. The van der Waals surface area contributed by atoms with Gasteiger partial charge in [0.1, 0.15) is 0 Å². The zero-order valence-electron chi connectivity index (χ0n) is 1.67. The van der Waals surface area contributed by atoms with E-state index in [9.17, 15) is 0 Å². The molecule has 4 heteroatoms. The van der Waals surface area contributed by atoms with Crippen molar-refractivity contribution in [1.82, 2.24) is 0 Å². The molecule has 4 heavy (non-hydrogen) atoms. The van der Waals surface area contributed by atoms with Crippen molar-refractivity contribution in [3.63, 3.8) is 0 Å². The fraction of sp³-hybridized carbons (Fsp3) is 0. The van der Waals surface area contributed by atoms with Gasteiger partial charge in [-0.3, -0.25) is 0 Å². The molecule has 0 aromatic rings. The third kappa shape index (κ3) is 9.99. The van der Waals surface area contributed by atoms with E-state index in [4.69, 9.17) is 0 Å². The van der Waals surface area contributed by atoms with Crippen LogP contribution in [0, 0.1) is 0 Å². The second-order valence-corrected chi connectivity index (χ2v) is 11.9. The fourth-order valence-electron chi connectivity index (χ4n) is 0. The van der Waals surface area contributed by atoms with Crippen molar-refractivity contribution in [2.45, 2.75) is 0 Å². The Bertz CT molecular complexity index is 72.7. The normalized spacial score (nSPS) is 6.00. The Labute approximate surface area is 41.3 Å². The van der Waals surface area contributed by atoms with Crippen LogP contribution in [-0.4, -0.2) is 0 Å². The van der Waals surface area contributed by atoms with Gasteiger partial charge in [-0.15, -0.1) is 0 Å². The fourth-order valence-corrected chi connectivity index (χ4v) is 0. The van der Waals surface area contributed by atoms with Crippen molar-refractivity contribution < 1.29 is 12.8 Å². The Morgan fingerprint density at radius 1 is 1.00 bits per heavy atom. The van der Waals surface area contributed by atoms with Crippen LogP contribution in [0.3, 0.4) is 0 Å². The van der Waals surface area contributed by atoms with Gasteiger partial charge in [-0.2, -0.15) is 0 Å². The summed E-state index contributed by atoms with van der Waals surface area (Å²) in [6.07, 6.45) is 0. The molecule has 0 bridgehead atoms. The molecule has 0 aliphatic carbocycles. The van der Waals surface area contributed by atoms with Crippen molar-refractivity contribution in [2.24, 2.45) is 0 Å². The van der Waals surface area contributed by atoms with Crippen LogP contribution in [0.15, 0.2) is 0 Å². The van der Waals surface area contributed by atoms with E-state index in [1.165, 1.54) is 0 Å². The predicted octanol–water partition coefficient (Wildman–Crippen LogP) is 1.94. The van der Waals surface area contributed by atoms with Crippen molar-refractivity contribution in [3.05, 3.63) is 0 Å². The molecule has 0 aromatic carbocycles. The second kappa shape index (κ2) is 2.63. The van der Waals surface area contributed by atoms with Crippen LogP contribution in [0.1, 0.15) is 0 Å². The first kappa shape index (κ1) is 5.40. The van der Waals surface area contributed by atoms with Gasteiger partial charge in [0.05, 0.1) is 0 Å². The van der Waals surface area contributed by atoms with E-state index < -0.39 is 12.8 Å². The molecule has 0 spiro atoms. The molecular weight excluding hydrogens is 189 g/mol. The molecule has 0 aliphatic heterocycles. The predicted molar refractivity (Wildman–Crippen MR) is 22.8 cm³/mol. The van der Waals surface area contributed by atoms with Crippen LogP contribution in [0.2, 0.25) is 0 Å². The molecule has 0 unspecified atom stereocenters. The molecule has 23 valence electrons. The third-order valence-electron chi connectivity index (χ3n) is 0. The van der Waals surface area contributed by atoms with Gasteiger partial charge in [-0.1, -0.05) is 0 Å². The van der Waals surface area contributed by atoms with E-state index in [1.807, 2.05) is 0 Å². The van der Waals surface area contributed by atoms with Crippen LogP contribution in [0.4, 0.5) is 0 Å². The van der Waals surface area contributed by atoms with Crippen molar-refractivity contribution >= 4 is 28.7 Å². The first-order valence-corrected chi connectivity index (χ1v) is 9.72. The maximum absolute atomic E-state index is 4.43. The van der Waals surface area contributed by atoms with Crippen LogP contribution in [0.5, 0.6) is 0 Å². The van der Waals surface area contributed by atoms with E-state index >= 15 is 0 Å². The summed E-state index contributed by atoms with van der Waals surface area (Å²) in [5.41, 5.74) is 0. The van der Waals surface area contributed by atoms with Gasteiger partial charge in [-0.05, 0) is 0 Å². The molecular formula is NbS3. The Balaban J connectivity index is 4.65. The molecule has 0 aromatic heterocycles. The van der Waals surface area contributed by atoms with Crippen LogP contribution >= 0.6 is 28.7 Å². The quantitative estimate of drug-likeness (QED) is 0.534. The molecule has 0 fully saturated rings. The summed E-state index contributed by atoms with van der Waals surface area (Å²) in [4.78, 5) is 0. The van der Waals surface area contributed by atoms with Gasteiger partial charge in [0, 0.05) is 0 Å². The van der Waals surface area contributed by atoms with Crippen LogP contribution in [0.25, 0.3) is 0 Å². The summed E-state index contributed by atoms with van der Waals surface area (Å²) in [6.45, 7) is 0. The van der Waals surface area contributed by atoms with Crippen molar-refractivity contribution in [2.75, 3.05) is 0 Å². The minimum absolute atomic E-state index is 1.70. The van der Waals surface area contributed by atoms with Crippen LogP contribution < -0.4 is 0 Å². The molecule has 0 amide bonds. The Hall–Kier alpha value is 1.40. The molecule has 0 saturated heterocycles. The molecule has 0 heterocycles. The summed E-state index contributed by atoms with van der Waals surface area (Å²) in [6, 6.07) is 0. The number of rotatable bonds is 0. The topological polar surface area (TPSA) is 0 Å². The zero-order chi connectivity index (χ0) is 3.58. The average Bonchev–Trinajstić information content (AvgIpc) is 0.811. The Morgan fingerprint density at radius 3 is 1.00 bits per heavy atom. The maximum atomic E-state index is 4.43. The SMILES string of the molecule is [S]=[Nb](=[S])=[S]. The van der Waals surface area contributed by atoms with Gasteiger partial charge in [0.2, 0.25) is 0 Å². The Kier molecular flexibility index (Phi) is 3.55. The van der Waals surface area contributed by atoms with E-state index in [0.717, 1.165) is 0 Å². The van der Waals surface area contributed by atoms with E-state index in [-0.39, 0.29) is 0 Å². The van der Waals surface area contributed by atoms with Gasteiger partial charge in [-0.25, -0.2) is 0 Å². The van der Waals surface area contributed by atoms with Crippen LogP contribution in [-0.2, 0) is 12.8 Å². The third-order valence-corrected chi connectivity index (χ3v) is 0. The first-order chi connectivity index (χ1) is 1.73. The summed E-state index contributed by atoms with van der Waals surface area (Å²) >= 11 is -1.70. The second-order valence-electron chi connectivity index (χ2n) is 0.224. The molecule has 0 N–H and O–H groups in total. The van der Waals surface area contributed by atoms with Gasteiger partial charge >= 0.3 is 41.5 Å². The molecule has 0 saturated carbocycles. The minimum atomic E-state index is -1.70. The number of hydrogen-bond donors (Lipinski definition) is 0. The van der Waals surface area contributed by atoms with E-state index in [1.54, 1.807) is 0 Å². The van der Waals surface area contributed by atoms with E-state index in [2.05, 4.69) is 28.7 Å². The molecule has 0 radical (unpaired) electrons. The van der Waals surface area contributed by atoms with Gasteiger partial charge < -0.3 is 0 Å². The van der Waals surface area contributed by atoms with Crippen molar-refractivity contribution in [1.29, 1.82) is 0 Å². The summed E-state index contributed by atoms with van der Waals surface area (Å²) in [5, 5.41) is 0.